The summed E-state index contributed by atoms with van der Waals surface area (Å²) in [4.78, 5) is 0. The van der Waals surface area contributed by atoms with Crippen molar-refractivity contribution >= 4 is 43.3 Å². The lowest BCUT2D eigenvalue weighted by molar-refractivity contribution is 0.632. The summed E-state index contributed by atoms with van der Waals surface area (Å²) in [5.41, 5.74) is 16.1. The third kappa shape index (κ3) is 6.42. The van der Waals surface area contributed by atoms with Gasteiger partial charge in [-0.3, -0.25) is 0 Å². The molecule has 11 aromatic carbocycles. The van der Waals surface area contributed by atoms with Crippen molar-refractivity contribution in [1.82, 2.24) is 0 Å². The molecule has 12 rings (SSSR count). The Balaban J connectivity index is 1.03. The fraction of sp³-hybridized carbons (Fsp3) is 0. The molecule has 63 heavy (non-hydrogen) atoms. The maximum atomic E-state index is 6.79. The van der Waals surface area contributed by atoms with Crippen LogP contribution in [0.25, 0.3) is 121 Å². The second kappa shape index (κ2) is 15.3. The van der Waals surface area contributed by atoms with E-state index in [-0.39, 0.29) is 0 Å². The zero-order valence-electron chi connectivity index (χ0n) is 34.5. The average molecular weight is 801 g/mol. The van der Waals surface area contributed by atoms with Crippen LogP contribution in [0.3, 0.4) is 0 Å². The molecule has 0 aliphatic heterocycles. The highest BCUT2D eigenvalue weighted by Crippen LogP contribution is 2.47. The molecule has 0 saturated carbocycles. The molecule has 0 atom stereocenters. The third-order valence-corrected chi connectivity index (χ3v) is 12.7. The Labute approximate surface area is 366 Å². The van der Waals surface area contributed by atoms with Crippen LogP contribution >= 0.6 is 0 Å². The first-order valence-corrected chi connectivity index (χ1v) is 21.7. The summed E-state index contributed by atoms with van der Waals surface area (Å²) in [7, 11) is 0. The monoisotopic (exact) mass is 800 g/mol. The molecule has 294 valence electrons. The van der Waals surface area contributed by atoms with Crippen molar-refractivity contribution in [1.29, 1.82) is 0 Å². The Morgan fingerprint density at radius 2 is 0.683 bits per heavy atom. The van der Waals surface area contributed by atoms with E-state index in [0.717, 1.165) is 44.5 Å². The van der Waals surface area contributed by atoms with E-state index < -0.39 is 0 Å². The number of hydrogen-bond acceptors (Lipinski definition) is 1. The Bertz CT molecular complexity index is 3630. The molecular formula is C62H40O. The van der Waals surface area contributed by atoms with E-state index in [9.17, 15) is 0 Å². The molecule has 0 radical (unpaired) electrons. The first-order valence-electron chi connectivity index (χ1n) is 21.7. The minimum atomic E-state index is 0.870. The molecular weight excluding hydrogens is 761 g/mol. The predicted molar refractivity (Wildman–Crippen MR) is 267 cm³/mol. The number of rotatable bonds is 7. The summed E-state index contributed by atoms with van der Waals surface area (Å²) in [6, 6.07) is 87.8. The van der Waals surface area contributed by atoms with E-state index in [1.54, 1.807) is 0 Å². The highest BCUT2D eigenvalue weighted by Gasteiger charge is 2.21. The van der Waals surface area contributed by atoms with Crippen molar-refractivity contribution in [2.45, 2.75) is 0 Å². The van der Waals surface area contributed by atoms with Crippen LogP contribution in [-0.2, 0) is 0 Å². The Hall–Kier alpha value is -8.26. The van der Waals surface area contributed by atoms with Crippen molar-refractivity contribution < 1.29 is 4.42 Å². The number of fused-ring (bicyclic) bond motifs is 4. The molecule has 0 aliphatic carbocycles. The molecule has 0 N–H and O–H groups in total. The molecule has 0 aliphatic rings. The van der Waals surface area contributed by atoms with Crippen LogP contribution < -0.4 is 0 Å². The van der Waals surface area contributed by atoms with Crippen LogP contribution in [0.15, 0.2) is 247 Å². The van der Waals surface area contributed by atoms with E-state index in [1.165, 1.54) is 76.8 Å². The van der Waals surface area contributed by atoms with Crippen molar-refractivity contribution in [3.05, 3.63) is 243 Å². The van der Waals surface area contributed by atoms with E-state index in [4.69, 9.17) is 4.42 Å². The fourth-order valence-electron chi connectivity index (χ4n) is 9.72. The number of hydrogen-bond donors (Lipinski definition) is 0. The molecule has 0 spiro atoms. The number of benzene rings is 11. The maximum Gasteiger partial charge on any atom is 0.143 e. The van der Waals surface area contributed by atoms with Gasteiger partial charge in [-0.2, -0.15) is 0 Å². The second-order valence-corrected chi connectivity index (χ2v) is 16.4. The van der Waals surface area contributed by atoms with Gasteiger partial charge in [0, 0.05) is 16.5 Å². The van der Waals surface area contributed by atoms with Gasteiger partial charge in [-0.1, -0.05) is 218 Å². The molecule has 1 nitrogen and oxygen atoms in total. The first-order chi connectivity index (χ1) is 31.2. The van der Waals surface area contributed by atoms with Gasteiger partial charge in [0.25, 0.3) is 0 Å². The standard InChI is InChI=1S/C62H40O/c1-4-16-41(17-5-1)48-34-36-55-57(39-48)60(54-28-13-12-27-53(54)59(55)45-32-30-43(31-33-45)52-29-15-23-42-18-10-11-26-51(42)52)50-25-14-24-47(38-50)49-35-37-56-58(40-49)63-62(46-21-8-3-9-22-46)61(56)44-19-6-2-7-20-44/h1-40H. The van der Waals surface area contributed by atoms with Crippen LogP contribution in [0, 0.1) is 0 Å². The summed E-state index contributed by atoms with van der Waals surface area (Å²) >= 11 is 0. The van der Waals surface area contributed by atoms with Crippen LogP contribution in [0.1, 0.15) is 0 Å². The Morgan fingerprint density at radius 1 is 0.222 bits per heavy atom. The normalized spacial score (nSPS) is 11.5. The summed E-state index contributed by atoms with van der Waals surface area (Å²) < 4.78 is 6.79. The zero-order valence-corrected chi connectivity index (χ0v) is 34.5. The van der Waals surface area contributed by atoms with Crippen molar-refractivity contribution in [2.24, 2.45) is 0 Å². The van der Waals surface area contributed by atoms with E-state index in [0.29, 0.717) is 0 Å². The highest BCUT2D eigenvalue weighted by molar-refractivity contribution is 6.22. The first kappa shape index (κ1) is 36.6. The third-order valence-electron chi connectivity index (χ3n) is 12.7. The van der Waals surface area contributed by atoms with Crippen LogP contribution in [0.2, 0.25) is 0 Å². The van der Waals surface area contributed by atoms with E-state index in [1.807, 2.05) is 6.07 Å². The van der Waals surface area contributed by atoms with Crippen molar-refractivity contribution in [3.63, 3.8) is 0 Å². The van der Waals surface area contributed by atoms with Gasteiger partial charge in [0.15, 0.2) is 0 Å². The van der Waals surface area contributed by atoms with Gasteiger partial charge >= 0.3 is 0 Å². The van der Waals surface area contributed by atoms with Gasteiger partial charge in [-0.25, -0.2) is 0 Å². The molecule has 0 amide bonds. The predicted octanol–water partition coefficient (Wildman–Crippen LogP) is 17.6. The lowest BCUT2D eigenvalue weighted by Crippen LogP contribution is -1.92. The van der Waals surface area contributed by atoms with Gasteiger partial charge in [0.1, 0.15) is 11.3 Å². The molecule has 1 aromatic heterocycles. The van der Waals surface area contributed by atoms with Crippen molar-refractivity contribution in [2.75, 3.05) is 0 Å². The lowest BCUT2D eigenvalue weighted by Gasteiger charge is -2.19. The minimum absolute atomic E-state index is 0.870. The van der Waals surface area contributed by atoms with E-state index in [2.05, 4.69) is 237 Å². The molecule has 0 unspecified atom stereocenters. The summed E-state index contributed by atoms with van der Waals surface area (Å²) in [6.07, 6.45) is 0. The smallest absolute Gasteiger partial charge is 0.143 e. The van der Waals surface area contributed by atoms with E-state index >= 15 is 0 Å². The Kier molecular flexibility index (Phi) is 8.90. The van der Waals surface area contributed by atoms with Crippen LogP contribution in [0.5, 0.6) is 0 Å². The van der Waals surface area contributed by atoms with Crippen LogP contribution in [0.4, 0.5) is 0 Å². The van der Waals surface area contributed by atoms with Gasteiger partial charge in [0.05, 0.1) is 0 Å². The van der Waals surface area contributed by atoms with Gasteiger partial charge in [-0.05, 0) is 118 Å². The summed E-state index contributed by atoms with van der Waals surface area (Å²) in [5.74, 6) is 0.887. The quantitative estimate of drug-likeness (QED) is 0.146. The molecule has 0 bridgehead atoms. The topological polar surface area (TPSA) is 13.1 Å². The van der Waals surface area contributed by atoms with Gasteiger partial charge < -0.3 is 4.42 Å². The zero-order chi connectivity index (χ0) is 41.7. The lowest BCUT2D eigenvalue weighted by atomic mass is 9.84. The van der Waals surface area contributed by atoms with Gasteiger partial charge in [0.2, 0.25) is 0 Å². The highest BCUT2D eigenvalue weighted by atomic mass is 16.3. The fourth-order valence-corrected chi connectivity index (χ4v) is 9.72. The molecule has 1 heteroatoms. The summed E-state index contributed by atoms with van der Waals surface area (Å²) in [6.45, 7) is 0. The molecule has 0 saturated heterocycles. The SMILES string of the molecule is c1ccc(-c2ccc3c(-c4ccc(-c5cccc6ccccc56)cc4)c4ccccc4c(-c4cccc(-c5ccc6c(-c7ccccc7)c(-c7ccccc7)oc6c5)c4)c3c2)cc1. The maximum absolute atomic E-state index is 6.79. The van der Waals surface area contributed by atoms with Crippen LogP contribution in [-0.4, -0.2) is 0 Å². The van der Waals surface area contributed by atoms with Crippen molar-refractivity contribution in [3.8, 4) is 78.1 Å². The molecule has 1 heterocycles. The minimum Gasteiger partial charge on any atom is -0.455 e. The largest absolute Gasteiger partial charge is 0.455 e. The second-order valence-electron chi connectivity index (χ2n) is 16.4. The summed E-state index contributed by atoms with van der Waals surface area (Å²) in [5, 5.41) is 8.53. The Morgan fingerprint density at radius 3 is 1.41 bits per heavy atom. The number of furan rings is 1. The average Bonchev–Trinajstić information content (AvgIpc) is 3.75. The molecule has 0 fully saturated rings. The molecule has 12 aromatic rings. The van der Waals surface area contributed by atoms with Gasteiger partial charge in [-0.15, -0.1) is 0 Å².